The van der Waals surface area contributed by atoms with E-state index in [-0.39, 0.29) is 0 Å². The smallest absolute Gasteiger partial charge is 0.394 e. The Morgan fingerprint density at radius 1 is 1.33 bits per heavy atom. The predicted molar refractivity (Wildman–Crippen MR) is 44.7 cm³/mol. The van der Waals surface area contributed by atoms with Crippen LogP contribution in [0.2, 0.25) is 0 Å². The molecule has 1 rings (SSSR count). The van der Waals surface area contributed by atoms with Crippen LogP contribution < -0.4 is 11.3 Å². The van der Waals surface area contributed by atoms with Crippen LogP contribution in [0, 0.1) is 0 Å². The van der Waals surface area contributed by atoms with E-state index in [0.29, 0.717) is 12.3 Å². The van der Waals surface area contributed by atoms with Crippen molar-refractivity contribution in [2.24, 2.45) is 0 Å². The van der Waals surface area contributed by atoms with Crippen LogP contribution in [-0.4, -0.2) is 18.9 Å². The molecule has 0 atom stereocenters. The highest BCUT2D eigenvalue weighted by molar-refractivity contribution is 7.92. The highest BCUT2D eigenvalue weighted by atomic mass is 32.2. The van der Waals surface area contributed by atoms with Crippen LogP contribution in [-0.2, 0) is 9.84 Å². The summed E-state index contributed by atoms with van der Waals surface area (Å²) in [5.74, 6) is 0. The number of sulfone groups is 1. The molecule has 1 aromatic rings. The second-order valence-electron chi connectivity index (χ2n) is 2.57. The Morgan fingerprint density at radius 2 is 1.87 bits per heavy atom. The van der Waals surface area contributed by atoms with E-state index in [9.17, 15) is 26.4 Å². The number of alkyl halides is 3. The van der Waals surface area contributed by atoms with Crippen molar-refractivity contribution in [3.63, 3.8) is 0 Å². The molecule has 0 saturated heterocycles. The maximum absolute atomic E-state index is 12.0. The lowest BCUT2D eigenvalue weighted by atomic mass is 10.4. The van der Waals surface area contributed by atoms with Gasteiger partial charge < -0.3 is 10.7 Å². The summed E-state index contributed by atoms with van der Waals surface area (Å²) in [5.41, 5.74) is -1.88. The molecule has 1 aromatic heterocycles. The third kappa shape index (κ3) is 1.96. The Hall–Kier alpha value is -1.51. The molecule has 0 aliphatic heterocycles. The summed E-state index contributed by atoms with van der Waals surface area (Å²) >= 11 is 0. The van der Waals surface area contributed by atoms with Crippen LogP contribution in [0.3, 0.4) is 0 Å². The number of nitrogens with one attached hydrogen (secondary N) is 1. The molecular weight excluding hydrogens is 237 g/mol. The van der Waals surface area contributed by atoms with Gasteiger partial charge in [0.05, 0.1) is 10.6 Å². The fourth-order valence-corrected chi connectivity index (χ4v) is 1.53. The third-order valence-electron chi connectivity index (χ3n) is 1.52. The molecule has 3 N–H and O–H groups in total. The van der Waals surface area contributed by atoms with Gasteiger partial charge in [0, 0.05) is 6.20 Å². The largest absolute Gasteiger partial charge is 0.501 e. The van der Waals surface area contributed by atoms with E-state index in [0.717, 1.165) is 0 Å². The zero-order valence-corrected chi connectivity index (χ0v) is 7.82. The molecule has 0 unspecified atom stereocenters. The number of hydrogen-bond acceptors (Lipinski definition) is 4. The van der Waals surface area contributed by atoms with Crippen molar-refractivity contribution in [1.82, 2.24) is 4.98 Å². The topological polar surface area (TPSA) is 93.0 Å². The fraction of sp³-hybridized carbons (Fsp3) is 0.167. The molecule has 15 heavy (non-hydrogen) atoms. The summed E-state index contributed by atoms with van der Waals surface area (Å²) in [6, 6.07) is 0.460. The third-order valence-corrected chi connectivity index (χ3v) is 2.99. The molecule has 0 saturated carbocycles. The minimum atomic E-state index is -5.47. The Bertz CT molecular complexity index is 531. The number of anilines is 1. The number of nitrogen functional groups attached to an aromatic ring is 1. The molecule has 9 heteroatoms. The van der Waals surface area contributed by atoms with Crippen molar-refractivity contribution >= 4 is 15.5 Å². The first-order chi connectivity index (χ1) is 6.66. The van der Waals surface area contributed by atoms with Gasteiger partial charge in [0.15, 0.2) is 0 Å². The Balaban J connectivity index is 3.43. The highest BCUT2D eigenvalue weighted by Crippen LogP contribution is 2.29. The van der Waals surface area contributed by atoms with Gasteiger partial charge in [-0.15, -0.1) is 0 Å². The van der Waals surface area contributed by atoms with Gasteiger partial charge in [-0.1, -0.05) is 0 Å². The second kappa shape index (κ2) is 3.26. The second-order valence-corrected chi connectivity index (χ2v) is 4.51. The zero-order chi connectivity index (χ0) is 11.9. The van der Waals surface area contributed by atoms with Gasteiger partial charge in [-0.3, -0.25) is 4.79 Å². The van der Waals surface area contributed by atoms with Crippen LogP contribution in [0.25, 0.3) is 0 Å². The molecule has 0 bridgehead atoms. The minimum absolute atomic E-state index is 0.446. The van der Waals surface area contributed by atoms with Crippen molar-refractivity contribution in [2.75, 3.05) is 5.73 Å². The highest BCUT2D eigenvalue weighted by Gasteiger charge is 2.47. The zero-order valence-electron chi connectivity index (χ0n) is 7.00. The summed E-state index contributed by atoms with van der Waals surface area (Å²) < 4.78 is 57.7. The van der Waals surface area contributed by atoms with E-state index in [1.165, 1.54) is 0 Å². The van der Waals surface area contributed by atoms with E-state index < -0.39 is 31.5 Å². The maximum Gasteiger partial charge on any atom is 0.501 e. The summed E-state index contributed by atoms with van der Waals surface area (Å²) in [7, 11) is -5.47. The Morgan fingerprint density at radius 3 is 2.27 bits per heavy atom. The maximum atomic E-state index is 12.0. The summed E-state index contributed by atoms with van der Waals surface area (Å²) in [6.07, 6.45) is 0.446. The molecule has 0 spiro atoms. The number of hydrogen-bond donors (Lipinski definition) is 2. The van der Waals surface area contributed by atoms with Gasteiger partial charge in [0.1, 0.15) is 0 Å². The normalized spacial score (nSPS) is 12.7. The van der Waals surface area contributed by atoms with E-state index in [2.05, 4.69) is 0 Å². The average molecular weight is 242 g/mol. The predicted octanol–water partition coefficient (Wildman–Crippen LogP) is 0.251. The first-order valence-corrected chi connectivity index (χ1v) is 4.94. The monoisotopic (exact) mass is 242 g/mol. The molecular formula is C6H5F3N2O3S. The van der Waals surface area contributed by atoms with E-state index in [1.54, 1.807) is 4.98 Å². The van der Waals surface area contributed by atoms with Crippen LogP contribution >= 0.6 is 0 Å². The molecule has 0 aliphatic carbocycles. The van der Waals surface area contributed by atoms with Gasteiger partial charge in [-0.25, -0.2) is 8.42 Å². The first-order valence-electron chi connectivity index (χ1n) is 3.46. The Kier molecular flexibility index (Phi) is 2.51. The number of nitrogens with two attached hydrogens (primary N) is 1. The van der Waals surface area contributed by atoms with Gasteiger partial charge >= 0.3 is 5.51 Å². The van der Waals surface area contributed by atoms with E-state index in [4.69, 9.17) is 5.73 Å². The summed E-state index contributed by atoms with van der Waals surface area (Å²) in [6.45, 7) is 0. The van der Waals surface area contributed by atoms with Gasteiger partial charge in [0.25, 0.3) is 15.4 Å². The van der Waals surface area contributed by atoms with E-state index >= 15 is 0 Å². The molecule has 5 nitrogen and oxygen atoms in total. The van der Waals surface area contributed by atoms with Gasteiger partial charge in [0.2, 0.25) is 0 Å². The molecule has 0 radical (unpaired) electrons. The van der Waals surface area contributed by atoms with Crippen LogP contribution in [0.1, 0.15) is 0 Å². The van der Waals surface area contributed by atoms with Crippen LogP contribution in [0.4, 0.5) is 18.9 Å². The lowest BCUT2D eigenvalue weighted by Gasteiger charge is -2.07. The lowest BCUT2D eigenvalue weighted by Crippen LogP contribution is -2.24. The fourth-order valence-electron chi connectivity index (χ4n) is 0.769. The summed E-state index contributed by atoms with van der Waals surface area (Å²) in [5, 5.41) is 0. The quantitative estimate of drug-likeness (QED) is 0.738. The minimum Gasteiger partial charge on any atom is -0.394 e. The SMILES string of the molecule is Nc1cc(S(=O)(=O)C(F)(F)F)c[nH]c1=O. The van der Waals surface area contributed by atoms with Crippen molar-refractivity contribution in [3.05, 3.63) is 22.6 Å². The molecule has 84 valence electrons. The number of rotatable bonds is 1. The van der Waals surface area contributed by atoms with Crippen molar-refractivity contribution in [1.29, 1.82) is 0 Å². The van der Waals surface area contributed by atoms with Gasteiger partial charge in [-0.05, 0) is 6.07 Å². The lowest BCUT2D eigenvalue weighted by molar-refractivity contribution is -0.0436. The number of aromatic nitrogens is 1. The van der Waals surface area contributed by atoms with Crippen LogP contribution in [0.5, 0.6) is 0 Å². The average Bonchev–Trinajstić information content (AvgIpc) is 2.07. The summed E-state index contributed by atoms with van der Waals surface area (Å²) in [4.78, 5) is 11.4. The Labute approximate surface area is 81.6 Å². The number of pyridine rings is 1. The van der Waals surface area contributed by atoms with Crippen LogP contribution in [0.15, 0.2) is 22.0 Å². The number of H-pyrrole nitrogens is 1. The standard InChI is InChI=1S/C6H5F3N2O3S/c7-6(8,9)15(13,14)3-1-4(10)5(12)11-2-3/h1-2H,10H2,(H,11,12). The number of aromatic amines is 1. The molecule has 0 aromatic carbocycles. The molecule has 1 heterocycles. The molecule has 0 fully saturated rings. The first kappa shape index (κ1) is 11.6. The van der Waals surface area contributed by atoms with Crippen molar-refractivity contribution < 1.29 is 21.6 Å². The number of halogens is 3. The van der Waals surface area contributed by atoms with Crippen molar-refractivity contribution in [3.8, 4) is 0 Å². The molecule has 0 amide bonds. The molecule has 0 aliphatic rings. The van der Waals surface area contributed by atoms with Gasteiger partial charge in [-0.2, -0.15) is 13.2 Å². The van der Waals surface area contributed by atoms with E-state index in [1.807, 2.05) is 0 Å². The van der Waals surface area contributed by atoms with Crippen molar-refractivity contribution in [2.45, 2.75) is 10.4 Å².